The summed E-state index contributed by atoms with van der Waals surface area (Å²) in [5, 5.41) is 6.44. The fourth-order valence-corrected chi connectivity index (χ4v) is 2.93. The summed E-state index contributed by atoms with van der Waals surface area (Å²) in [5.74, 6) is 1.00. The molecule has 8 nitrogen and oxygen atoms in total. The highest BCUT2D eigenvalue weighted by atomic mass is 16.2. The second kappa shape index (κ2) is 5.07. The van der Waals surface area contributed by atoms with Crippen molar-refractivity contribution in [2.45, 2.75) is 33.7 Å². The minimum atomic E-state index is -0.376. The molecule has 0 saturated heterocycles. The average Bonchev–Trinajstić information content (AvgIpc) is 2.88. The van der Waals surface area contributed by atoms with Gasteiger partial charge in [0.25, 0.3) is 5.56 Å². The SMILES string of the molecule is CC1=NN(CC(C)C)c2nc3c(c(=O)n(C)c(=O)n3C)n2[C@@H]1C. The van der Waals surface area contributed by atoms with E-state index in [1.807, 2.05) is 23.4 Å². The van der Waals surface area contributed by atoms with Crippen molar-refractivity contribution in [2.24, 2.45) is 25.1 Å². The maximum absolute atomic E-state index is 12.6. The largest absolute Gasteiger partial charge is 0.332 e. The van der Waals surface area contributed by atoms with Crippen LogP contribution >= 0.6 is 0 Å². The maximum atomic E-state index is 12.6. The molecule has 124 valence electrons. The molecule has 0 bridgehead atoms. The molecule has 23 heavy (non-hydrogen) atoms. The first kappa shape index (κ1) is 15.5. The normalized spacial score (nSPS) is 17.8. The van der Waals surface area contributed by atoms with Gasteiger partial charge in [-0.1, -0.05) is 13.8 Å². The first-order chi connectivity index (χ1) is 10.7. The van der Waals surface area contributed by atoms with Crippen LogP contribution in [0, 0.1) is 5.92 Å². The number of aromatic nitrogens is 4. The molecule has 3 heterocycles. The Kier molecular flexibility index (Phi) is 3.42. The van der Waals surface area contributed by atoms with Crippen LogP contribution in [0.2, 0.25) is 0 Å². The highest BCUT2D eigenvalue weighted by Gasteiger charge is 2.30. The zero-order valence-corrected chi connectivity index (χ0v) is 14.4. The van der Waals surface area contributed by atoms with Crippen LogP contribution in [0.3, 0.4) is 0 Å². The molecule has 0 unspecified atom stereocenters. The Morgan fingerprint density at radius 1 is 1.17 bits per heavy atom. The van der Waals surface area contributed by atoms with Gasteiger partial charge in [0.2, 0.25) is 5.95 Å². The van der Waals surface area contributed by atoms with Crippen LogP contribution in [-0.2, 0) is 14.1 Å². The van der Waals surface area contributed by atoms with Crippen molar-refractivity contribution in [3.63, 3.8) is 0 Å². The monoisotopic (exact) mass is 318 g/mol. The second-order valence-electron chi connectivity index (χ2n) is 6.55. The average molecular weight is 318 g/mol. The van der Waals surface area contributed by atoms with E-state index in [1.165, 1.54) is 11.6 Å². The van der Waals surface area contributed by atoms with Crippen LogP contribution in [-0.4, -0.2) is 30.9 Å². The fraction of sp³-hybridized carbons (Fsp3) is 0.600. The Labute approximate surface area is 133 Å². The first-order valence-electron chi connectivity index (χ1n) is 7.74. The summed E-state index contributed by atoms with van der Waals surface area (Å²) in [6.07, 6.45) is 0. The lowest BCUT2D eigenvalue weighted by atomic mass is 10.2. The summed E-state index contributed by atoms with van der Waals surface area (Å²) in [6.45, 7) is 8.83. The predicted molar refractivity (Wildman–Crippen MR) is 90.2 cm³/mol. The molecule has 0 radical (unpaired) electrons. The zero-order chi connectivity index (χ0) is 17.0. The molecule has 0 spiro atoms. The first-order valence-corrected chi connectivity index (χ1v) is 7.74. The van der Waals surface area contributed by atoms with Crippen molar-refractivity contribution in [3.8, 4) is 0 Å². The lowest BCUT2D eigenvalue weighted by Gasteiger charge is -2.30. The van der Waals surface area contributed by atoms with E-state index in [-0.39, 0.29) is 17.3 Å². The number of anilines is 1. The zero-order valence-electron chi connectivity index (χ0n) is 14.4. The van der Waals surface area contributed by atoms with Crippen molar-refractivity contribution in [3.05, 3.63) is 20.8 Å². The van der Waals surface area contributed by atoms with Gasteiger partial charge in [-0.2, -0.15) is 10.1 Å². The van der Waals surface area contributed by atoms with Gasteiger partial charge in [0.05, 0.1) is 11.8 Å². The number of hydrazone groups is 1. The number of fused-ring (bicyclic) bond motifs is 3. The third-order valence-electron chi connectivity index (χ3n) is 4.31. The van der Waals surface area contributed by atoms with Crippen LogP contribution in [0.25, 0.3) is 11.2 Å². The predicted octanol–water partition coefficient (Wildman–Crippen LogP) is 0.847. The summed E-state index contributed by atoms with van der Waals surface area (Å²) < 4.78 is 4.43. The van der Waals surface area contributed by atoms with Crippen LogP contribution in [0.1, 0.15) is 33.7 Å². The van der Waals surface area contributed by atoms with Crippen LogP contribution in [0.4, 0.5) is 5.95 Å². The van der Waals surface area contributed by atoms with E-state index >= 15 is 0 Å². The number of imidazole rings is 1. The lowest BCUT2D eigenvalue weighted by molar-refractivity contribution is 0.572. The molecular weight excluding hydrogens is 296 g/mol. The van der Waals surface area contributed by atoms with E-state index in [1.54, 1.807) is 7.05 Å². The Morgan fingerprint density at radius 3 is 2.43 bits per heavy atom. The van der Waals surface area contributed by atoms with Crippen LogP contribution in [0.5, 0.6) is 0 Å². The van der Waals surface area contributed by atoms with Gasteiger partial charge >= 0.3 is 5.69 Å². The molecule has 8 heteroatoms. The molecule has 0 saturated carbocycles. The number of nitrogens with zero attached hydrogens (tertiary/aromatic N) is 6. The summed E-state index contributed by atoms with van der Waals surface area (Å²) >= 11 is 0. The van der Waals surface area contributed by atoms with Gasteiger partial charge in [-0.15, -0.1) is 0 Å². The Balaban J connectivity index is 2.41. The van der Waals surface area contributed by atoms with E-state index in [9.17, 15) is 9.59 Å². The lowest BCUT2D eigenvalue weighted by Crippen LogP contribution is -2.38. The molecule has 0 N–H and O–H groups in total. The van der Waals surface area contributed by atoms with Gasteiger partial charge in [0.15, 0.2) is 11.2 Å². The minimum Gasteiger partial charge on any atom is -0.294 e. The minimum absolute atomic E-state index is 0.0800. The summed E-state index contributed by atoms with van der Waals surface area (Å²) in [6, 6.07) is -0.0800. The van der Waals surface area contributed by atoms with E-state index < -0.39 is 0 Å². The number of hydrogen-bond acceptors (Lipinski definition) is 5. The fourth-order valence-electron chi connectivity index (χ4n) is 2.93. The topological polar surface area (TPSA) is 77.4 Å². The Bertz CT molecular complexity index is 930. The van der Waals surface area contributed by atoms with Gasteiger partial charge in [-0.25, -0.2) is 9.80 Å². The van der Waals surface area contributed by atoms with Crippen molar-refractivity contribution in [1.29, 1.82) is 0 Å². The highest BCUT2D eigenvalue weighted by Crippen LogP contribution is 2.30. The highest BCUT2D eigenvalue weighted by molar-refractivity contribution is 5.91. The van der Waals surface area contributed by atoms with Gasteiger partial charge in [-0.05, 0) is 19.8 Å². The quantitative estimate of drug-likeness (QED) is 0.822. The molecule has 0 amide bonds. The van der Waals surface area contributed by atoms with Gasteiger partial charge in [0, 0.05) is 20.6 Å². The number of aryl methyl sites for hydroxylation is 1. The smallest absolute Gasteiger partial charge is 0.294 e. The Morgan fingerprint density at radius 2 is 1.83 bits per heavy atom. The van der Waals surface area contributed by atoms with Crippen molar-refractivity contribution < 1.29 is 0 Å². The molecule has 1 aliphatic rings. The van der Waals surface area contributed by atoms with Gasteiger partial charge < -0.3 is 0 Å². The van der Waals surface area contributed by atoms with Crippen LogP contribution in [0.15, 0.2) is 14.7 Å². The standard InChI is InChI=1S/C15H22N6O2/c1-8(2)7-20-14-16-12-11(21(14)10(4)9(3)17-20)13(22)19(6)15(23)18(12)5/h8,10H,7H2,1-6H3/t10-/m1/s1. The Hall–Kier alpha value is -2.38. The molecule has 0 aromatic carbocycles. The second-order valence-corrected chi connectivity index (χ2v) is 6.55. The molecule has 3 rings (SSSR count). The number of hydrogen-bond donors (Lipinski definition) is 0. The van der Waals surface area contributed by atoms with Crippen molar-refractivity contribution in [1.82, 2.24) is 18.7 Å². The third-order valence-corrected chi connectivity index (χ3v) is 4.31. The molecule has 1 aliphatic heterocycles. The molecule has 1 atom stereocenters. The van der Waals surface area contributed by atoms with Crippen molar-refractivity contribution >= 4 is 22.8 Å². The van der Waals surface area contributed by atoms with E-state index in [0.717, 1.165) is 10.3 Å². The van der Waals surface area contributed by atoms with Crippen LogP contribution < -0.4 is 16.3 Å². The van der Waals surface area contributed by atoms with Gasteiger partial charge in [0.1, 0.15) is 0 Å². The molecular formula is C15H22N6O2. The maximum Gasteiger partial charge on any atom is 0.332 e. The molecule has 0 fully saturated rings. The number of rotatable bonds is 2. The van der Waals surface area contributed by atoms with Gasteiger partial charge in [-0.3, -0.25) is 18.5 Å². The molecule has 2 aromatic rings. The van der Waals surface area contributed by atoms with E-state index in [2.05, 4.69) is 23.9 Å². The summed E-state index contributed by atoms with van der Waals surface area (Å²) in [5.41, 5.74) is 1.05. The van der Waals surface area contributed by atoms with E-state index in [4.69, 9.17) is 0 Å². The summed E-state index contributed by atoms with van der Waals surface area (Å²) in [4.78, 5) is 29.4. The van der Waals surface area contributed by atoms with Crippen molar-refractivity contribution in [2.75, 3.05) is 11.6 Å². The molecule has 2 aromatic heterocycles. The third kappa shape index (κ3) is 2.12. The van der Waals surface area contributed by atoms with E-state index in [0.29, 0.717) is 29.6 Å². The molecule has 0 aliphatic carbocycles. The summed E-state index contributed by atoms with van der Waals surface area (Å²) in [7, 11) is 3.12.